The van der Waals surface area contributed by atoms with Gasteiger partial charge in [-0.25, -0.2) is 0 Å². The molecule has 1 aliphatic rings. The van der Waals surface area contributed by atoms with Crippen molar-refractivity contribution in [2.75, 3.05) is 0 Å². The predicted molar refractivity (Wildman–Crippen MR) is 52.2 cm³/mol. The summed E-state index contributed by atoms with van der Waals surface area (Å²) >= 11 is 0.00451. The molecule has 11 heavy (non-hydrogen) atoms. The third-order valence-electron chi connectivity index (χ3n) is 1.45. The smallest absolute Gasteiger partial charge is 0.168 e. The van der Waals surface area contributed by atoms with Crippen molar-refractivity contribution in [1.29, 1.82) is 0 Å². The van der Waals surface area contributed by atoms with E-state index in [-0.39, 0.29) is 20.7 Å². The number of nitrogens with zero attached hydrogens (tertiary/aromatic N) is 1. The van der Waals surface area contributed by atoms with Gasteiger partial charge in [-0.1, -0.05) is 20.7 Å². The number of fused-ring (bicyclic) bond motifs is 1. The van der Waals surface area contributed by atoms with Crippen LogP contribution in [0.15, 0.2) is 4.08 Å². The lowest BCUT2D eigenvalue weighted by molar-refractivity contribution is 0.111. The summed E-state index contributed by atoms with van der Waals surface area (Å²) in [5.74, 6) is 0. The second kappa shape index (κ2) is 2.69. The van der Waals surface area contributed by atoms with Crippen molar-refractivity contribution < 1.29 is 4.79 Å². The van der Waals surface area contributed by atoms with Crippen LogP contribution >= 0.6 is 20.7 Å². The van der Waals surface area contributed by atoms with Crippen LogP contribution in [-0.4, -0.2) is 20.5 Å². The van der Waals surface area contributed by atoms with Gasteiger partial charge in [0.1, 0.15) is 5.69 Å². The lowest BCUT2D eigenvalue weighted by Crippen LogP contribution is -1.88. The van der Waals surface area contributed by atoms with Gasteiger partial charge in [0.2, 0.25) is 0 Å². The van der Waals surface area contributed by atoms with Gasteiger partial charge >= 0.3 is 0 Å². The minimum Gasteiger partial charge on any atom is -0.296 e. The summed E-state index contributed by atoms with van der Waals surface area (Å²) in [5.41, 5.74) is 2.47. The van der Waals surface area contributed by atoms with E-state index in [2.05, 4.69) is 18.3 Å². The Kier molecular flexibility index (Phi) is 1.69. The molecule has 1 N–H and O–H groups in total. The van der Waals surface area contributed by atoms with Crippen molar-refractivity contribution >= 4 is 37.1 Å². The molecule has 0 bridgehead atoms. The Morgan fingerprint density at radius 1 is 1.64 bits per heavy atom. The summed E-state index contributed by atoms with van der Waals surface area (Å²) in [6.07, 6.45) is 2.78. The Bertz CT molecular complexity index is 338. The van der Waals surface area contributed by atoms with Crippen molar-refractivity contribution in [3.05, 3.63) is 21.0 Å². The summed E-state index contributed by atoms with van der Waals surface area (Å²) < 4.78 is 4.22. The van der Waals surface area contributed by atoms with E-state index < -0.39 is 0 Å². The number of aldehydes is 1. The number of rotatable bonds is 1. The summed E-state index contributed by atoms with van der Waals surface area (Å²) in [6.45, 7) is 0. The largest absolute Gasteiger partial charge is 0.296 e. The SMILES string of the molecule is O=Cc1[nH]nc2c1C=IC=C2. The molecule has 0 unspecified atom stereocenters. The lowest BCUT2D eigenvalue weighted by Gasteiger charge is -1.93. The van der Waals surface area contributed by atoms with Crippen LogP contribution in [0.2, 0.25) is 0 Å². The molecular weight excluding hydrogens is 255 g/mol. The number of nitrogens with one attached hydrogen (secondary N) is 1. The van der Waals surface area contributed by atoms with Gasteiger partial charge in [0.05, 0.1) is 5.69 Å². The van der Waals surface area contributed by atoms with E-state index in [1.165, 1.54) is 0 Å². The Labute approximate surface area is 73.3 Å². The molecule has 3 nitrogen and oxygen atoms in total. The van der Waals surface area contributed by atoms with Crippen LogP contribution in [0.4, 0.5) is 0 Å². The molecule has 56 valence electrons. The fourth-order valence-electron chi connectivity index (χ4n) is 0.906. The fourth-order valence-corrected chi connectivity index (χ4v) is 2.68. The highest BCUT2D eigenvalue weighted by atomic mass is 127. The summed E-state index contributed by atoms with van der Waals surface area (Å²) in [4.78, 5) is 10.4. The van der Waals surface area contributed by atoms with Gasteiger partial charge in [-0.05, 0) is 14.2 Å². The Morgan fingerprint density at radius 3 is 3.36 bits per heavy atom. The first-order valence-electron chi connectivity index (χ1n) is 3.07. The second-order valence-electron chi connectivity index (χ2n) is 2.08. The van der Waals surface area contributed by atoms with E-state index in [1.54, 1.807) is 0 Å². The average molecular weight is 260 g/mol. The van der Waals surface area contributed by atoms with Gasteiger partial charge in [0.15, 0.2) is 6.29 Å². The molecule has 2 rings (SSSR count). The van der Waals surface area contributed by atoms with E-state index in [0.29, 0.717) is 5.69 Å². The van der Waals surface area contributed by atoms with Crippen LogP contribution in [0.25, 0.3) is 6.08 Å². The number of aromatic amines is 1. The molecule has 0 fully saturated rings. The first-order valence-corrected chi connectivity index (χ1v) is 5.56. The molecule has 0 saturated heterocycles. The minimum atomic E-state index is 0.00451. The van der Waals surface area contributed by atoms with Gasteiger partial charge in [-0.2, -0.15) is 5.10 Å². The van der Waals surface area contributed by atoms with Crippen LogP contribution in [0.5, 0.6) is 0 Å². The summed E-state index contributed by atoms with van der Waals surface area (Å²) in [5, 5.41) is 6.65. The van der Waals surface area contributed by atoms with E-state index in [9.17, 15) is 4.79 Å². The number of hydrogen-bond donors (Lipinski definition) is 1. The molecule has 4 heteroatoms. The maximum atomic E-state index is 10.4. The Balaban J connectivity index is 2.65. The molecule has 0 atom stereocenters. The number of H-pyrrole nitrogens is 1. The van der Waals surface area contributed by atoms with Crippen LogP contribution in [0, 0.1) is 0 Å². The average Bonchev–Trinajstić information content (AvgIpc) is 2.47. The van der Waals surface area contributed by atoms with E-state index in [4.69, 9.17) is 0 Å². The molecule has 0 amide bonds. The summed E-state index contributed by atoms with van der Waals surface area (Å²) in [6, 6.07) is 0. The molecule has 0 saturated carbocycles. The standard InChI is InChI=1S/C7H5IN2O/c11-4-7-5-3-8-2-1-6(5)9-10-7/h1-4H,(H,9,10). The molecule has 0 aromatic carbocycles. The molecule has 0 radical (unpaired) electrons. The number of carbonyl (C=O) groups excluding carboxylic acids is 1. The van der Waals surface area contributed by atoms with E-state index in [0.717, 1.165) is 17.5 Å². The van der Waals surface area contributed by atoms with Gasteiger partial charge in [0, 0.05) is 5.56 Å². The van der Waals surface area contributed by atoms with E-state index in [1.807, 2.05) is 6.08 Å². The zero-order valence-corrected chi connectivity index (χ0v) is 7.70. The number of aromatic nitrogens is 2. The van der Waals surface area contributed by atoms with Crippen LogP contribution in [-0.2, 0) is 0 Å². The third kappa shape index (κ3) is 1.07. The van der Waals surface area contributed by atoms with Gasteiger partial charge in [0.25, 0.3) is 0 Å². The molecule has 1 aromatic heterocycles. The molecule has 2 heterocycles. The Morgan fingerprint density at radius 2 is 2.55 bits per heavy atom. The van der Waals surface area contributed by atoms with Crippen molar-refractivity contribution in [1.82, 2.24) is 10.2 Å². The van der Waals surface area contributed by atoms with Crippen LogP contribution in [0.3, 0.4) is 0 Å². The predicted octanol–water partition coefficient (Wildman–Crippen LogP) is 1.33. The molecule has 0 aliphatic carbocycles. The fraction of sp³-hybridized carbons (Fsp3) is 0. The quantitative estimate of drug-likeness (QED) is 0.611. The zero-order chi connectivity index (χ0) is 7.68. The van der Waals surface area contributed by atoms with Gasteiger partial charge < -0.3 is 0 Å². The monoisotopic (exact) mass is 260 g/mol. The molecule has 0 spiro atoms. The van der Waals surface area contributed by atoms with Crippen molar-refractivity contribution in [3.63, 3.8) is 0 Å². The first-order chi connectivity index (χ1) is 5.42. The number of halogens is 1. The molecule has 1 aromatic rings. The van der Waals surface area contributed by atoms with Gasteiger partial charge in [-0.3, -0.25) is 9.89 Å². The maximum Gasteiger partial charge on any atom is 0.168 e. The van der Waals surface area contributed by atoms with E-state index >= 15 is 0 Å². The Hall–Kier alpha value is -0.780. The molecular formula is C7H5IN2O. The van der Waals surface area contributed by atoms with Crippen molar-refractivity contribution in [2.45, 2.75) is 0 Å². The normalized spacial score (nSPS) is 13.8. The van der Waals surface area contributed by atoms with Crippen molar-refractivity contribution in [3.8, 4) is 0 Å². The topological polar surface area (TPSA) is 45.8 Å². The molecule has 1 aliphatic heterocycles. The highest BCUT2D eigenvalue weighted by molar-refractivity contribution is 14.2. The lowest BCUT2D eigenvalue weighted by atomic mass is 10.2. The second-order valence-corrected chi connectivity index (χ2v) is 4.14. The minimum absolute atomic E-state index is 0.00451. The van der Waals surface area contributed by atoms with Crippen LogP contribution in [0.1, 0.15) is 21.7 Å². The van der Waals surface area contributed by atoms with Crippen molar-refractivity contribution in [2.24, 2.45) is 0 Å². The highest BCUT2D eigenvalue weighted by Crippen LogP contribution is 2.18. The van der Waals surface area contributed by atoms with Gasteiger partial charge in [-0.15, -0.1) is 0 Å². The maximum absolute atomic E-state index is 10.4. The third-order valence-corrected chi connectivity index (χ3v) is 3.20. The van der Waals surface area contributed by atoms with Crippen LogP contribution < -0.4 is 0 Å². The first kappa shape index (κ1) is 6.90. The summed E-state index contributed by atoms with van der Waals surface area (Å²) in [7, 11) is 0. The number of carbonyl (C=O) groups is 1. The highest BCUT2D eigenvalue weighted by Gasteiger charge is 2.08. The zero-order valence-electron chi connectivity index (χ0n) is 5.54. The number of hydrogen-bond acceptors (Lipinski definition) is 2.